The lowest BCUT2D eigenvalue weighted by Gasteiger charge is -2.11. The highest BCUT2D eigenvalue weighted by Gasteiger charge is 2.18. The Labute approximate surface area is 168 Å². The van der Waals surface area contributed by atoms with Gasteiger partial charge in [-0.2, -0.15) is 9.97 Å². The minimum absolute atomic E-state index is 0.0598. The van der Waals surface area contributed by atoms with Crippen molar-refractivity contribution in [1.82, 2.24) is 15.0 Å². The molecule has 0 unspecified atom stereocenters. The van der Waals surface area contributed by atoms with Gasteiger partial charge in [0.25, 0.3) is 6.43 Å². The number of ketones is 1. The number of ether oxygens (including phenoxy) is 1. The van der Waals surface area contributed by atoms with Crippen molar-refractivity contribution in [2.75, 3.05) is 11.9 Å². The maximum atomic E-state index is 12.4. The molecular formula is C17H15Cl2F2N5O2. The number of nitrogens with zero attached hydrogens (tertiary/aromatic N) is 2. The number of Topliss-reactive ketones (excluding diaryl/α,β-unsaturated/α-hetero) is 1. The van der Waals surface area contributed by atoms with E-state index in [1.54, 1.807) is 12.1 Å². The topological polar surface area (TPSA) is 106 Å². The van der Waals surface area contributed by atoms with Gasteiger partial charge in [-0.15, -0.1) is 0 Å². The van der Waals surface area contributed by atoms with E-state index in [9.17, 15) is 13.6 Å². The van der Waals surface area contributed by atoms with Gasteiger partial charge in [0, 0.05) is 6.54 Å². The second kappa shape index (κ2) is 8.26. The van der Waals surface area contributed by atoms with Crippen molar-refractivity contribution in [1.29, 1.82) is 0 Å². The second-order valence-corrected chi connectivity index (χ2v) is 6.57. The molecule has 0 radical (unpaired) electrons. The number of hydrogen-bond donors (Lipinski definition) is 3. The number of carbonyl (C=O) groups is 1. The molecule has 0 atom stereocenters. The number of benzene rings is 1. The fourth-order valence-electron chi connectivity index (χ4n) is 2.48. The third kappa shape index (κ3) is 4.16. The van der Waals surface area contributed by atoms with Crippen LogP contribution in [0.5, 0.6) is 5.88 Å². The summed E-state index contributed by atoms with van der Waals surface area (Å²) in [5, 5.41) is 3.64. The molecule has 0 fully saturated rings. The molecule has 0 aliphatic heterocycles. The highest BCUT2D eigenvalue weighted by Crippen LogP contribution is 2.35. The molecule has 28 heavy (non-hydrogen) atoms. The molecule has 7 nitrogen and oxygen atoms in total. The third-order valence-corrected chi connectivity index (χ3v) is 4.54. The molecule has 0 amide bonds. The summed E-state index contributed by atoms with van der Waals surface area (Å²) in [4.78, 5) is 23.0. The van der Waals surface area contributed by atoms with Crippen LogP contribution in [0, 0.1) is 0 Å². The largest absolute Gasteiger partial charge is 0.471 e. The van der Waals surface area contributed by atoms with E-state index in [4.69, 9.17) is 33.7 Å². The first-order valence-electron chi connectivity index (χ1n) is 8.06. The smallest absolute Gasteiger partial charge is 0.272 e. The summed E-state index contributed by atoms with van der Waals surface area (Å²) in [6.07, 6.45) is -2.70. The van der Waals surface area contributed by atoms with Crippen LogP contribution >= 0.6 is 23.2 Å². The van der Waals surface area contributed by atoms with Crippen LogP contribution in [0.3, 0.4) is 0 Å². The van der Waals surface area contributed by atoms with Gasteiger partial charge in [-0.25, -0.2) is 8.78 Å². The van der Waals surface area contributed by atoms with Crippen molar-refractivity contribution < 1.29 is 18.3 Å². The van der Waals surface area contributed by atoms with Gasteiger partial charge in [0.1, 0.15) is 0 Å². The van der Waals surface area contributed by atoms with Crippen LogP contribution in [0.4, 0.5) is 20.4 Å². The molecule has 11 heteroatoms. The highest BCUT2D eigenvalue weighted by molar-refractivity contribution is 6.39. The van der Waals surface area contributed by atoms with Crippen LogP contribution in [-0.4, -0.2) is 33.8 Å². The number of fused-ring (bicyclic) bond motifs is 1. The lowest BCUT2D eigenvalue weighted by Crippen LogP contribution is -2.11. The third-order valence-electron chi connectivity index (χ3n) is 3.80. The molecule has 4 N–H and O–H groups in total. The molecule has 0 aliphatic carbocycles. The molecule has 0 spiro atoms. The Balaban J connectivity index is 2.00. The monoisotopic (exact) mass is 429 g/mol. The van der Waals surface area contributed by atoms with Crippen LogP contribution in [-0.2, 0) is 6.54 Å². The highest BCUT2D eigenvalue weighted by atomic mass is 35.5. The second-order valence-electron chi connectivity index (χ2n) is 5.78. The first-order chi connectivity index (χ1) is 13.3. The van der Waals surface area contributed by atoms with Crippen molar-refractivity contribution in [3.8, 4) is 5.88 Å². The number of H-pyrrole nitrogens is 1. The predicted octanol–water partition coefficient (Wildman–Crippen LogP) is 4.31. The molecule has 2 aromatic heterocycles. The van der Waals surface area contributed by atoms with Gasteiger partial charge in [0.05, 0.1) is 26.8 Å². The number of anilines is 2. The molecule has 3 rings (SSSR count). The minimum Gasteiger partial charge on any atom is -0.471 e. The maximum Gasteiger partial charge on any atom is 0.272 e. The zero-order chi connectivity index (χ0) is 20.4. The van der Waals surface area contributed by atoms with E-state index in [-0.39, 0.29) is 35.4 Å². The number of nitrogens with one attached hydrogen (secondary N) is 2. The Hall–Kier alpha value is -2.49. The van der Waals surface area contributed by atoms with Crippen molar-refractivity contribution in [2.45, 2.75) is 19.9 Å². The lowest BCUT2D eigenvalue weighted by molar-refractivity contribution is 0.0781. The number of imidazole rings is 1. The standard InChI is InChI=1S/C17H15Cl2F2N5O2/c1-7(27)9-4-11-15(25-16(9)28-6-12(20)21)26-17(23-11)24-14-10(18)3-2-8(5-22)13(14)19/h2-4,12H,5-6,22H2,1H3,(H2,23,24,25,26). The number of hydrogen-bond acceptors (Lipinski definition) is 6. The lowest BCUT2D eigenvalue weighted by atomic mass is 10.2. The van der Waals surface area contributed by atoms with Crippen molar-refractivity contribution in [3.63, 3.8) is 0 Å². The van der Waals surface area contributed by atoms with Gasteiger partial charge in [-0.3, -0.25) is 4.79 Å². The van der Waals surface area contributed by atoms with E-state index in [2.05, 4.69) is 20.3 Å². The molecule has 3 aromatic rings. The fraction of sp³-hybridized carbons (Fsp3) is 0.235. The predicted molar refractivity (Wildman–Crippen MR) is 103 cm³/mol. The van der Waals surface area contributed by atoms with E-state index >= 15 is 0 Å². The zero-order valence-corrected chi connectivity index (χ0v) is 16.0. The Kier molecular flexibility index (Phi) is 5.97. The summed E-state index contributed by atoms with van der Waals surface area (Å²) in [7, 11) is 0. The number of alkyl halides is 2. The first-order valence-corrected chi connectivity index (χ1v) is 8.82. The molecule has 148 valence electrons. The molecular weight excluding hydrogens is 415 g/mol. The summed E-state index contributed by atoms with van der Waals surface area (Å²) < 4.78 is 29.8. The average molecular weight is 430 g/mol. The molecule has 0 saturated carbocycles. The quantitative estimate of drug-likeness (QED) is 0.483. The molecule has 0 saturated heterocycles. The van der Waals surface area contributed by atoms with Gasteiger partial charge in [-0.05, 0) is 24.6 Å². The Morgan fingerprint density at radius 2 is 2.11 bits per heavy atom. The summed E-state index contributed by atoms with van der Waals surface area (Å²) in [5.41, 5.74) is 7.35. The average Bonchev–Trinajstić information content (AvgIpc) is 3.04. The molecule has 0 bridgehead atoms. The van der Waals surface area contributed by atoms with Gasteiger partial charge in [-0.1, -0.05) is 29.3 Å². The minimum atomic E-state index is -2.70. The van der Waals surface area contributed by atoms with Crippen LogP contribution in [0.15, 0.2) is 18.2 Å². The Morgan fingerprint density at radius 1 is 1.36 bits per heavy atom. The molecule has 1 aromatic carbocycles. The Morgan fingerprint density at radius 3 is 2.75 bits per heavy atom. The summed E-state index contributed by atoms with van der Waals surface area (Å²) in [5.74, 6) is -0.356. The van der Waals surface area contributed by atoms with Crippen LogP contribution < -0.4 is 15.8 Å². The number of carbonyl (C=O) groups excluding carboxylic acids is 1. The maximum absolute atomic E-state index is 12.4. The number of aromatic nitrogens is 3. The molecule has 0 aliphatic rings. The Bertz CT molecular complexity index is 1040. The van der Waals surface area contributed by atoms with Crippen LogP contribution in [0.1, 0.15) is 22.8 Å². The van der Waals surface area contributed by atoms with Crippen LogP contribution in [0.2, 0.25) is 10.0 Å². The van der Waals surface area contributed by atoms with Gasteiger partial charge in [0.2, 0.25) is 11.8 Å². The normalized spacial score (nSPS) is 11.2. The van der Waals surface area contributed by atoms with Gasteiger partial charge in [0.15, 0.2) is 18.0 Å². The van der Waals surface area contributed by atoms with Crippen molar-refractivity contribution in [3.05, 3.63) is 39.4 Å². The zero-order valence-electron chi connectivity index (χ0n) is 14.5. The number of halogens is 4. The van der Waals surface area contributed by atoms with E-state index < -0.39 is 13.0 Å². The van der Waals surface area contributed by atoms with Gasteiger partial charge < -0.3 is 20.8 Å². The van der Waals surface area contributed by atoms with E-state index in [0.29, 0.717) is 26.8 Å². The summed E-state index contributed by atoms with van der Waals surface area (Å²) in [6.45, 7) is 0.621. The molecule has 2 heterocycles. The fourth-order valence-corrected chi connectivity index (χ4v) is 3.02. The van der Waals surface area contributed by atoms with E-state index in [0.717, 1.165) is 0 Å². The summed E-state index contributed by atoms with van der Waals surface area (Å²) in [6, 6.07) is 4.79. The number of aromatic amines is 1. The number of pyridine rings is 1. The SMILES string of the molecule is CC(=O)c1cc2[nH]c(Nc3c(Cl)ccc(CN)c3Cl)nc2nc1OCC(F)F. The first kappa shape index (κ1) is 20.2. The van der Waals surface area contributed by atoms with E-state index in [1.807, 2.05) is 0 Å². The van der Waals surface area contributed by atoms with Gasteiger partial charge >= 0.3 is 0 Å². The van der Waals surface area contributed by atoms with Crippen molar-refractivity contribution >= 4 is 51.8 Å². The number of nitrogens with two attached hydrogens (primary N) is 1. The van der Waals surface area contributed by atoms with Crippen LogP contribution in [0.25, 0.3) is 11.2 Å². The van der Waals surface area contributed by atoms with Crippen molar-refractivity contribution in [2.24, 2.45) is 5.73 Å². The summed E-state index contributed by atoms with van der Waals surface area (Å²) >= 11 is 12.5. The van der Waals surface area contributed by atoms with E-state index in [1.165, 1.54) is 13.0 Å². The number of rotatable bonds is 7.